The number of nitrogens with one attached hydrogen (secondary N) is 2. The number of halogens is 2. The highest BCUT2D eigenvalue weighted by Gasteiger charge is 2.05. The first kappa shape index (κ1) is 14.1. The van der Waals surface area contributed by atoms with Crippen LogP contribution in [0, 0.1) is 6.92 Å². The van der Waals surface area contributed by atoms with Crippen LogP contribution in [0.25, 0.3) is 0 Å². The molecule has 0 saturated carbocycles. The van der Waals surface area contributed by atoms with Crippen LogP contribution in [0.15, 0.2) is 28.9 Å². The molecular formula is C13H14BrClN4. The molecule has 2 aromatic rings. The molecule has 1 aromatic carbocycles. The molecule has 100 valence electrons. The number of anilines is 3. The Kier molecular flexibility index (Phi) is 4.61. The molecule has 0 aliphatic rings. The van der Waals surface area contributed by atoms with E-state index in [1.54, 1.807) is 6.20 Å². The smallest absolute Gasteiger partial charge is 0.224 e. The fourth-order valence-corrected chi connectivity index (χ4v) is 1.95. The maximum absolute atomic E-state index is 6.07. The van der Waals surface area contributed by atoms with Gasteiger partial charge in [0.05, 0.1) is 5.02 Å². The highest BCUT2D eigenvalue weighted by atomic mass is 79.9. The van der Waals surface area contributed by atoms with Crippen molar-refractivity contribution in [2.24, 2.45) is 0 Å². The van der Waals surface area contributed by atoms with Crippen molar-refractivity contribution >= 4 is 45.0 Å². The van der Waals surface area contributed by atoms with Crippen molar-refractivity contribution in [2.45, 2.75) is 13.8 Å². The molecule has 0 fully saturated rings. The molecule has 0 aliphatic carbocycles. The molecule has 0 saturated heterocycles. The topological polar surface area (TPSA) is 49.8 Å². The zero-order valence-corrected chi connectivity index (χ0v) is 13.0. The molecule has 0 radical (unpaired) electrons. The van der Waals surface area contributed by atoms with E-state index in [4.69, 9.17) is 11.6 Å². The summed E-state index contributed by atoms with van der Waals surface area (Å²) < 4.78 is 0.868. The van der Waals surface area contributed by atoms with E-state index in [1.165, 1.54) is 0 Å². The number of benzene rings is 1. The number of hydrogen-bond acceptors (Lipinski definition) is 4. The molecule has 6 heteroatoms. The molecule has 0 bridgehead atoms. The summed E-state index contributed by atoms with van der Waals surface area (Å²) >= 11 is 9.43. The van der Waals surface area contributed by atoms with Crippen LogP contribution in [0.1, 0.15) is 12.5 Å². The summed E-state index contributed by atoms with van der Waals surface area (Å²) in [6.45, 7) is 4.75. The molecule has 4 nitrogen and oxygen atoms in total. The first-order chi connectivity index (χ1) is 9.10. The maximum Gasteiger partial charge on any atom is 0.224 e. The molecule has 0 unspecified atom stereocenters. The second-order valence-electron chi connectivity index (χ2n) is 4.01. The van der Waals surface area contributed by atoms with Gasteiger partial charge in [-0.05, 0) is 48.0 Å². The summed E-state index contributed by atoms with van der Waals surface area (Å²) in [6.07, 6.45) is 1.79. The summed E-state index contributed by atoms with van der Waals surface area (Å²) in [5.74, 6) is 1.38. The van der Waals surface area contributed by atoms with E-state index in [0.29, 0.717) is 11.0 Å². The quantitative estimate of drug-likeness (QED) is 0.866. The highest BCUT2D eigenvalue weighted by molar-refractivity contribution is 9.10. The zero-order valence-electron chi connectivity index (χ0n) is 10.7. The van der Waals surface area contributed by atoms with Crippen molar-refractivity contribution in [1.82, 2.24) is 9.97 Å². The van der Waals surface area contributed by atoms with E-state index in [1.807, 2.05) is 32.0 Å². The molecule has 0 spiro atoms. The maximum atomic E-state index is 6.07. The molecule has 1 aromatic heterocycles. The monoisotopic (exact) mass is 340 g/mol. The van der Waals surface area contributed by atoms with Crippen LogP contribution in [0.4, 0.5) is 17.5 Å². The third-order valence-corrected chi connectivity index (χ3v) is 3.72. The SMILES string of the molecule is CCNc1ncc(C)c(Nc2ccc(Br)c(Cl)c2)n1. The van der Waals surface area contributed by atoms with Crippen molar-refractivity contribution in [3.05, 3.63) is 39.5 Å². The Morgan fingerprint density at radius 3 is 2.84 bits per heavy atom. The van der Waals surface area contributed by atoms with Gasteiger partial charge in [0.2, 0.25) is 5.95 Å². The molecule has 19 heavy (non-hydrogen) atoms. The lowest BCUT2D eigenvalue weighted by atomic mass is 10.3. The second-order valence-corrected chi connectivity index (χ2v) is 5.27. The van der Waals surface area contributed by atoms with E-state index >= 15 is 0 Å². The van der Waals surface area contributed by atoms with Crippen molar-refractivity contribution in [2.75, 3.05) is 17.2 Å². The summed E-state index contributed by atoms with van der Waals surface area (Å²) in [6, 6.07) is 5.68. The summed E-state index contributed by atoms with van der Waals surface area (Å²) in [4.78, 5) is 8.63. The van der Waals surface area contributed by atoms with Crippen molar-refractivity contribution in [1.29, 1.82) is 0 Å². The van der Waals surface area contributed by atoms with Crippen molar-refractivity contribution in [3.8, 4) is 0 Å². The second kappa shape index (κ2) is 6.21. The third kappa shape index (κ3) is 3.58. The Hall–Kier alpha value is -1.33. The van der Waals surface area contributed by atoms with Crippen LogP contribution in [-0.4, -0.2) is 16.5 Å². The van der Waals surface area contributed by atoms with Gasteiger partial charge in [-0.15, -0.1) is 0 Å². The minimum atomic E-state index is 0.610. The highest BCUT2D eigenvalue weighted by Crippen LogP contribution is 2.27. The van der Waals surface area contributed by atoms with Gasteiger partial charge in [0.1, 0.15) is 5.82 Å². The number of nitrogens with zero attached hydrogens (tertiary/aromatic N) is 2. The van der Waals surface area contributed by atoms with Gasteiger partial charge in [-0.3, -0.25) is 0 Å². The number of aromatic nitrogens is 2. The van der Waals surface area contributed by atoms with E-state index in [-0.39, 0.29) is 0 Å². The minimum absolute atomic E-state index is 0.610. The van der Waals surface area contributed by atoms with E-state index in [0.717, 1.165) is 28.1 Å². The van der Waals surface area contributed by atoms with Gasteiger partial charge >= 0.3 is 0 Å². The van der Waals surface area contributed by atoms with E-state index < -0.39 is 0 Å². The Balaban J connectivity index is 2.26. The molecule has 0 aliphatic heterocycles. The van der Waals surface area contributed by atoms with Crippen LogP contribution in [0.5, 0.6) is 0 Å². The predicted molar refractivity (Wildman–Crippen MR) is 83.4 cm³/mol. The minimum Gasteiger partial charge on any atom is -0.354 e. The van der Waals surface area contributed by atoms with Gasteiger partial charge in [0.15, 0.2) is 0 Å². The summed E-state index contributed by atoms with van der Waals surface area (Å²) in [5, 5.41) is 6.98. The fourth-order valence-electron chi connectivity index (χ4n) is 1.52. The fraction of sp³-hybridized carbons (Fsp3) is 0.231. The van der Waals surface area contributed by atoms with E-state index in [9.17, 15) is 0 Å². The Morgan fingerprint density at radius 2 is 2.16 bits per heavy atom. The lowest BCUT2D eigenvalue weighted by Gasteiger charge is -2.11. The Bertz CT molecular complexity index is 589. The molecule has 0 amide bonds. The normalized spacial score (nSPS) is 10.3. The molecule has 2 N–H and O–H groups in total. The van der Waals surface area contributed by atoms with Crippen molar-refractivity contribution in [3.63, 3.8) is 0 Å². The molecule has 2 rings (SSSR count). The average Bonchev–Trinajstić information content (AvgIpc) is 2.38. The van der Waals surface area contributed by atoms with Crippen LogP contribution in [0.3, 0.4) is 0 Å². The lowest BCUT2D eigenvalue weighted by molar-refractivity contribution is 1.07. The standard InChI is InChI=1S/C13H14BrClN4/c1-3-16-13-17-7-8(2)12(19-13)18-9-4-5-10(14)11(15)6-9/h4-7H,3H2,1-2H3,(H2,16,17,18,19). The number of aryl methyl sites for hydroxylation is 1. The largest absolute Gasteiger partial charge is 0.354 e. The Labute approximate surface area is 125 Å². The van der Waals surface area contributed by atoms with E-state index in [2.05, 4.69) is 36.5 Å². The average molecular weight is 342 g/mol. The number of rotatable bonds is 4. The first-order valence-corrected chi connectivity index (χ1v) is 7.07. The van der Waals surface area contributed by atoms with Gasteiger partial charge in [-0.2, -0.15) is 4.98 Å². The van der Waals surface area contributed by atoms with Gasteiger partial charge in [0.25, 0.3) is 0 Å². The van der Waals surface area contributed by atoms with Gasteiger partial charge in [-0.1, -0.05) is 11.6 Å². The molecular weight excluding hydrogens is 328 g/mol. The molecule has 1 heterocycles. The zero-order chi connectivity index (χ0) is 13.8. The van der Waals surface area contributed by atoms with Crippen LogP contribution in [0.2, 0.25) is 5.02 Å². The van der Waals surface area contributed by atoms with Gasteiger partial charge in [-0.25, -0.2) is 4.98 Å². The summed E-state index contributed by atoms with van der Waals surface area (Å²) in [7, 11) is 0. The van der Waals surface area contributed by atoms with Gasteiger partial charge < -0.3 is 10.6 Å². The van der Waals surface area contributed by atoms with Gasteiger partial charge in [0, 0.05) is 28.5 Å². The van der Waals surface area contributed by atoms with Crippen LogP contribution in [-0.2, 0) is 0 Å². The Morgan fingerprint density at radius 1 is 1.37 bits per heavy atom. The molecule has 0 atom stereocenters. The lowest BCUT2D eigenvalue weighted by Crippen LogP contribution is -2.05. The predicted octanol–water partition coefficient (Wildman–Crippen LogP) is 4.38. The van der Waals surface area contributed by atoms with Crippen LogP contribution >= 0.6 is 27.5 Å². The number of hydrogen-bond donors (Lipinski definition) is 2. The summed E-state index contributed by atoms with van der Waals surface area (Å²) in [5.41, 5.74) is 1.86. The van der Waals surface area contributed by atoms with Crippen LogP contribution < -0.4 is 10.6 Å². The van der Waals surface area contributed by atoms with Crippen molar-refractivity contribution < 1.29 is 0 Å². The first-order valence-electron chi connectivity index (χ1n) is 5.89. The third-order valence-electron chi connectivity index (χ3n) is 2.49.